The van der Waals surface area contributed by atoms with Crippen LogP contribution in [0.4, 0.5) is 10.6 Å². The Morgan fingerprint density at radius 1 is 0.902 bits per heavy atom. The standard InChI is InChI=1S/C30H38N4O7/c1-36-26-19-23-21(17-24-28(23)33-34-29(24)32-25-8-7-20-5-3-4-6-22(20)25)18-27(26)41-16-15-40-14-13-39-12-11-38-10-9-31-30(35)37-2/h3-6,17-19,25,32-34H,7-16H2,1-2H3,(H,31,35). The third kappa shape index (κ3) is 7.05. The van der Waals surface area contributed by atoms with Crippen molar-refractivity contribution in [3.63, 3.8) is 0 Å². The highest BCUT2D eigenvalue weighted by molar-refractivity contribution is 6.05. The summed E-state index contributed by atoms with van der Waals surface area (Å²) in [5.74, 6) is 2.33. The van der Waals surface area contributed by atoms with E-state index in [1.807, 2.05) is 12.1 Å². The van der Waals surface area contributed by atoms with Gasteiger partial charge in [0, 0.05) is 17.5 Å². The topological polar surface area (TPSA) is 128 Å². The van der Waals surface area contributed by atoms with E-state index >= 15 is 0 Å². The van der Waals surface area contributed by atoms with Crippen molar-refractivity contribution in [3.8, 4) is 22.8 Å². The number of anilines is 1. The minimum atomic E-state index is -0.472. The Kier molecular flexibility index (Phi) is 9.84. The number of H-pyrrole nitrogens is 2. The molecule has 0 saturated heterocycles. The number of benzene rings is 2. The van der Waals surface area contributed by atoms with E-state index < -0.39 is 6.09 Å². The number of hydrogen-bond donors (Lipinski definition) is 4. The minimum absolute atomic E-state index is 0.286. The molecule has 1 atom stereocenters. The molecule has 0 bridgehead atoms. The van der Waals surface area contributed by atoms with Crippen molar-refractivity contribution >= 4 is 22.7 Å². The van der Waals surface area contributed by atoms with Crippen LogP contribution in [0.5, 0.6) is 11.5 Å². The lowest BCUT2D eigenvalue weighted by Gasteiger charge is -2.14. The fraction of sp³-hybridized carbons (Fsp3) is 0.433. The van der Waals surface area contributed by atoms with E-state index in [2.05, 4.69) is 55.9 Å². The van der Waals surface area contributed by atoms with Gasteiger partial charge in [0.15, 0.2) is 11.5 Å². The highest BCUT2D eigenvalue weighted by Crippen LogP contribution is 2.44. The van der Waals surface area contributed by atoms with E-state index in [0.29, 0.717) is 64.3 Å². The molecule has 0 aromatic heterocycles. The summed E-state index contributed by atoms with van der Waals surface area (Å²) in [6.45, 7) is 3.40. The maximum Gasteiger partial charge on any atom is 0.406 e. The van der Waals surface area contributed by atoms with Gasteiger partial charge in [0.05, 0.1) is 65.6 Å². The molecular formula is C30H38N4O7. The second-order valence-electron chi connectivity index (χ2n) is 9.69. The van der Waals surface area contributed by atoms with Crippen molar-refractivity contribution in [2.75, 3.05) is 72.3 Å². The Morgan fingerprint density at radius 2 is 1.66 bits per heavy atom. The smallest absolute Gasteiger partial charge is 0.406 e. The molecule has 3 aliphatic rings. The molecular weight excluding hydrogens is 528 g/mol. The first-order valence-corrected chi connectivity index (χ1v) is 13.9. The molecule has 41 heavy (non-hydrogen) atoms. The molecule has 1 unspecified atom stereocenters. The Morgan fingerprint density at radius 3 is 2.44 bits per heavy atom. The van der Waals surface area contributed by atoms with Crippen LogP contribution in [0.2, 0.25) is 0 Å². The number of rotatable bonds is 16. The van der Waals surface area contributed by atoms with Gasteiger partial charge in [0.2, 0.25) is 0 Å². The summed E-state index contributed by atoms with van der Waals surface area (Å²) >= 11 is 0. The van der Waals surface area contributed by atoms with Crippen LogP contribution in [0.3, 0.4) is 0 Å². The Labute approximate surface area is 239 Å². The zero-order chi connectivity index (χ0) is 28.4. The lowest BCUT2D eigenvalue weighted by molar-refractivity contribution is 0.00975. The van der Waals surface area contributed by atoms with Crippen molar-refractivity contribution < 1.29 is 33.2 Å². The van der Waals surface area contributed by atoms with Crippen LogP contribution in [0.1, 0.15) is 23.6 Å². The van der Waals surface area contributed by atoms with Gasteiger partial charge in [0.25, 0.3) is 0 Å². The van der Waals surface area contributed by atoms with Crippen molar-refractivity contribution in [2.24, 2.45) is 0 Å². The van der Waals surface area contributed by atoms with Gasteiger partial charge in [-0.05, 0) is 47.6 Å². The quantitative estimate of drug-likeness (QED) is 0.146. The molecule has 4 N–H and O–H groups in total. The second-order valence-corrected chi connectivity index (χ2v) is 9.69. The molecule has 11 heteroatoms. The van der Waals surface area contributed by atoms with Crippen LogP contribution in [0.25, 0.3) is 22.0 Å². The largest absolute Gasteiger partial charge is 0.493 e. The monoisotopic (exact) mass is 566 g/mol. The van der Waals surface area contributed by atoms with E-state index in [1.165, 1.54) is 18.2 Å². The van der Waals surface area contributed by atoms with Gasteiger partial charge in [-0.25, -0.2) is 4.79 Å². The summed E-state index contributed by atoms with van der Waals surface area (Å²) in [4.78, 5) is 10.9. The van der Waals surface area contributed by atoms with Crippen LogP contribution in [0.15, 0.2) is 42.5 Å². The number of aromatic nitrogens is 2. The van der Waals surface area contributed by atoms with E-state index in [-0.39, 0.29) is 6.04 Å². The number of aromatic amines is 2. The highest BCUT2D eigenvalue weighted by atomic mass is 16.6. The molecule has 11 nitrogen and oxygen atoms in total. The van der Waals surface area contributed by atoms with Crippen LogP contribution < -0.4 is 20.1 Å². The number of ether oxygens (including phenoxy) is 6. The first-order chi connectivity index (χ1) is 20.2. The lowest BCUT2D eigenvalue weighted by atomic mass is 10.1. The van der Waals surface area contributed by atoms with Crippen LogP contribution >= 0.6 is 0 Å². The molecule has 5 rings (SSSR count). The van der Waals surface area contributed by atoms with Gasteiger partial charge >= 0.3 is 6.09 Å². The molecule has 2 aliphatic carbocycles. The summed E-state index contributed by atoms with van der Waals surface area (Å²) in [5.41, 5.74) is 4.93. The van der Waals surface area contributed by atoms with Gasteiger partial charge in [-0.1, -0.05) is 24.3 Å². The normalized spacial score (nSPS) is 14.3. The maximum atomic E-state index is 10.9. The molecule has 0 spiro atoms. The summed E-state index contributed by atoms with van der Waals surface area (Å²) < 4.78 is 32.6. The van der Waals surface area contributed by atoms with E-state index in [0.717, 1.165) is 40.7 Å². The Bertz CT molecular complexity index is 1380. The second kappa shape index (κ2) is 14.1. The molecule has 1 aliphatic heterocycles. The summed E-state index contributed by atoms with van der Waals surface area (Å²) in [5, 5.41) is 15.0. The number of carbonyl (C=O) groups is 1. The van der Waals surface area contributed by atoms with Gasteiger partial charge in [0.1, 0.15) is 12.4 Å². The van der Waals surface area contributed by atoms with E-state index in [9.17, 15) is 4.79 Å². The lowest BCUT2D eigenvalue weighted by Crippen LogP contribution is -2.27. The molecule has 2 aromatic carbocycles. The molecule has 1 amide bonds. The number of carbonyl (C=O) groups excluding carboxylic acids is 1. The fourth-order valence-electron chi connectivity index (χ4n) is 5.13. The number of fused-ring (bicyclic) bond motifs is 4. The molecule has 220 valence electrons. The summed E-state index contributed by atoms with van der Waals surface area (Å²) in [6, 6.07) is 15.1. The van der Waals surface area contributed by atoms with Gasteiger partial charge < -0.3 is 39.1 Å². The first kappa shape index (κ1) is 28.6. The molecule has 0 saturated carbocycles. The van der Waals surface area contributed by atoms with Gasteiger partial charge in [-0.2, -0.15) is 0 Å². The summed E-state index contributed by atoms with van der Waals surface area (Å²) in [7, 11) is 2.97. The summed E-state index contributed by atoms with van der Waals surface area (Å²) in [6.07, 6.45) is 1.69. The Balaban J connectivity index is 1.06. The third-order valence-electron chi connectivity index (χ3n) is 7.14. The van der Waals surface area contributed by atoms with Crippen LogP contribution in [-0.2, 0) is 25.4 Å². The van der Waals surface area contributed by atoms with Crippen molar-refractivity contribution in [2.45, 2.75) is 18.9 Å². The van der Waals surface area contributed by atoms with Gasteiger partial charge in [-0.15, -0.1) is 0 Å². The van der Waals surface area contributed by atoms with E-state index in [4.69, 9.17) is 23.7 Å². The number of aryl methyl sites for hydroxylation is 1. The van der Waals surface area contributed by atoms with Gasteiger partial charge in [-0.3, -0.25) is 10.2 Å². The fourth-order valence-corrected chi connectivity index (χ4v) is 5.13. The van der Waals surface area contributed by atoms with E-state index in [1.54, 1.807) is 7.11 Å². The first-order valence-electron chi connectivity index (χ1n) is 13.9. The number of amides is 1. The SMILES string of the molecule is COC(=O)NCCOCCOCCOCCOc1cc2cc3c(NC4CCc5ccccc54)[nH][nH]c-3c2cc1OC. The molecule has 1 heterocycles. The highest BCUT2D eigenvalue weighted by Gasteiger charge is 2.25. The number of alkyl carbamates (subject to hydrolysis) is 1. The maximum absolute atomic E-state index is 10.9. The average molecular weight is 567 g/mol. The number of hydrogen-bond acceptors (Lipinski definition) is 8. The van der Waals surface area contributed by atoms with Crippen molar-refractivity contribution in [1.82, 2.24) is 15.5 Å². The zero-order valence-corrected chi connectivity index (χ0v) is 23.5. The third-order valence-corrected chi connectivity index (χ3v) is 7.14. The Hall–Kier alpha value is -3.93. The predicted molar refractivity (Wildman–Crippen MR) is 155 cm³/mol. The molecule has 2 aromatic rings. The molecule has 0 radical (unpaired) electrons. The van der Waals surface area contributed by atoms with Crippen molar-refractivity contribution in [1.29, 1.82) is 0 Å². The van der Waals surface area contributed by atoms with Crippen LogP contribution in [0, 0.1) is 0 Å². The van der Waals surface area contributed by atoms with Crippen LogP contribution in [-0.4, -0.2) is 83.3 Å². The predicted octanol–water partition coefficient (Wildman–Crippen LogP) is 4.49. The number of methoxy groups -OCH3 is 2. The van der Waals surface area contributed by atoms with Crippen molar-refractivity contribution in [3.05, 3.63) is 53.6 Å². The number of nitrogens with one attached hydrogen (secondary N) is 4. The molecule has 0 fully saturated rings. The minimum Gasteiger partial charge on any atom is -0.493 e. The zero-order valence-electron chi connectivity index (χ0n) is 23.5. The average Bonchev–Trinajstić information content (AvgIpc) is 3.69.